The number of hydrogen-bond acceptors (Lipinski definition) is 5. The highest BCUT2D eigenvalue weighted by molar-refractivity contribution is 5.86. The van der Waals surface area contributed by atoms with Gasteiger partial charge in [0.1, 0.15) is 5.75 Å². The second-order valence-corrected chi connectivity index (χ2v) is 4.88. The molecule has 2 rings (SSSR count). The van der Waals surface area contributed by atoms with E-state index >= 15 is 0 Å². The van der Waals surface area contributed by atoms with Gasteiger partial charge in [0.2, 0.25) is 0 Å². The van der Waals surface area contributed by atoms with Crippen molar-refractivity contribution in [2.45, 2.75) is 12.8 Å². The number of methoxy groups -OCH3 is 2. The van der Waals surface area contributed by atoms with Crippen LogP contribution in [0.25, 0.3) is 10.8 Å². The fourth-order valence-corrected chi connectivity index (χ4v) is 2.12. The minimum Gasteiger partial charge on any atom is -0.482 e. The first-order valence-corrected chi connectivity index (χ1v) is 6.86. The molecule has 22 heavy (non-hydrogen) atoms. The Balaban J connectivity index is 2.21. The Morgan fingerprint density at radius 1 is 1.00 bits per heavy atom. The highest BCUT2D eigenvalue weighted by Crippen LogP contribution is 2.25. The fraction of sp³-hybridized carbons (Fsp3) is 0.294. The van der Waals surface area contributed by atoms with Crippen LogP contribution in [0.3, 0.4) is 0 Å². The molecule has 2 aromatic carbocycles. The molecule has 0 aromatic heterocycles. The third-order valence-electron chi connectivity index (χ3n) is 3.47. The van der Waals surface area contributed by atoms with E-state index < -0.39 is 5.97 Å². The number of benzene rings is 2. The Morgan fingerprint density at radius 3 is 2.36 bits per heavy atom. The van der Waals surface area contributed by atoms with Crippen LogP contribution in [0.15, 0.2) is 36.4 Å². The summed E-state index contributed by atoms with van der Waals surface area (Å²) >= 11 is 0. The van der Waals surface area contributed by atoms with Crippen molar-refractivity contribution in [3.8, 4) is 5.75 Å². The Labute approximate surface area is 128 Å². The normalized spacial score (nSPS) is 11.8. The van der Waals surface area contributed by atoms with E-state index in [0.717, 1.165) is 16.3 Å². The second kappa shape index (κ2) is 6.93. The molecule has 0 N–H and O–H groups in total. The zero-order chi connectivity index (χ0) is 16.1. The first-order valence-electron chi connectivity index (χ1n) is 6.86. The van der Waals surface area contributed by atoms with E-state index in [4.69, 9.17) is 9.47 Å². The summed E-state index contributed by atoms with van der Waals surface area (Å²) in [5.41, 5.74) is 0.891. The van der Waals surface area contributed by atoms with Crippen molar-refractivity contribution in [2.24, 2.45) is 0 Å². The summed E-state index contributed by atoms with van der Waals surface area (Å²) in [6.07, 6.45) is 0. The third kappa shape index (κ3) is 3.55. The largest absolute Gasteiger partial charge is 0.482 e. The summed E-state index contributed by atoms with van der Waals surface area (Å²) in [4.78, 5) is 22.7. The lowest BCUT2D eigenvalue weighted by molar-refractivity contribution is -0.143. The van der Waals surface area contributed by atoms with E-state index in [9.17, 15) is 9.59 Å². The summed E-state index contributed by atoms with van der Waals surface area (Å²) < 4.78 is 14.6. The van der Waals surface area contributed by atoms with E-state index in [-0.39, 0.29) is 18.5 Å². The maximum atomic E-state index is 11.6. The number of esters is 2. The van der Waals surface area contributed by atoms with Gasteiger partial charge in [-0.15, -0.1) is 0 Å². The second-order valence-electron chi connectivity index (χ2n) is 4.88. The van der Waals surface area contributed by atoms with Gasteiger partial charge in [-0.3, -0.25) is 4.79 Å². The molecule has 0 amide bonds. The van der Waals surface area contributed by atoms with Crippen LogP contribution in [0.4, 0.5) is 0 Å². The summed E-state index contributed by atoms with van der Waals surface area (Å²) in [7, 11) is 2.70. The van der Waals surface area contributed by atoms with E-state index in [0.29, 0.717) is 5.75 Å². The quantitative estimate of drug-likeness (QED) is 0.795. The van der Waals surface area contributed by atoms with Gasteiger partial charge in [-0.05, 0) is 35.4 Å². The first kappa shape index (κ1) is 15.8. The van der Waals surface area contributed by atoms with Crippen LogP contribution >= 0.6 is 0 Å². The molecule has 0 saturated heterocycles. The molecule has 0 bridgehead atoms. The summed E-state index contributed by atoms with van der Waals surface area (Å²) in [6, 6.07) is 11.2. The van der Waals surface area contributed by atoms with Crippen LogP contribution in [-0.2, 0) is 19.1 Å². The van der Waals surface area contributed by atoms with Crippen molar-refractivity contribution in [3.05, 3.63) is 42.0 Å². The molecule has 5 nitrogen and oxygen atoms in total. The summed E-state index contributed by atoms with van der Waals surface area (Å²) in [5.74, 6) is -0.420. The molecular formula is C17H18O5. The fourth-order valence-electron chi connectivity index (χ4n) is 2.12. The van der Waals surface area contributed by atoms with Gasteiger partial charge in [0.25, 0.3) is 0 Å². The van der Waals surface area contributed by atoms with E-state index in [1.807, 2.05) is 30.3 Å². The topological polar surface area (TPSA) is 61.8 Å². The smallest absolute Gasteiger partial charge is 0.343 e. The van der Waals surface area contributed by atoms with Crippen molar-refractivity contribution in [1.29, 1.82) is 0 Å². The molecule has 0 radical (unpaired) electrons. The van der Waals surface area contributed by atoms with Gasteiger partial charge in [0, 0.05) is 0 Å². The van der Waals surface area contributed by atoms with Gasteiger partial charge >= 0.3 is 11.9 Å². The Kier molecular flexibility index (Phi) is 4.99. The first-order chi connectivity index (χ1) is 10.5. The zero-order valence-electron chi connectivity index (χ0n) is 12.8. The molecule has 0 heterocycles. The van der Waals surface area contributed by atoms with Crippen molar-refractivity contribution in [2.75, 3.05) is 20.8 Å². The van der Waals surface area contributed by atoms with Crippen LogP contribution in [0, 0.1) is 0 Å². The standard InChI is InChI=1S/C17H18O5/c1-11(17(19)21-3)12-4-5-14-9-15(7-6-13(14)8-12)22-10-16(18)20-2/h4-9,11H,10H2,1-3H3. The number of hydrogen-bond donors (Lipinski definition) is 0. The molecule has 116 valence electrons. The molecule has 0 aliphatic heterocycles. The van der Waals surface area contributed by atoms with Crippen LogP contribution in [0.1, 0.15) is 18.4 Å². The molecule has 0 aliphatic rings. The molecule has 1 atom stereocenters. The lowest BCUT2D eigenvalue weighted by atomic mass is 9.98. The Bertz CT molecular complexity index is 693. The maximum absolute atomic E-state index is 11.6. The monoisotopic (exact) mass is 302 g/mol. The number of fused-ring (bicyclic) bond motifs is 1. The number of carbonyl (C=O) groups excluding carboxylic acids is 2. The van der Waals surface area contributed by atoms with Gasteiger partial charge in [0.15, 0.2) is 6.61 Å². The summed E-state index contributed by atoms with van der Waals surface area (Å²) in [6.45, 7) is 1.68. The highest BCUT2D eigenvalue weighted by atomic mass is 16.6. The van der Waals surface area contributed by atoms with Gasteiger partial charge in [0.05, 0.1) is 20.1 Å². The average Bonchev–Trinajstić information content (AvgIpc) is 2.57. The zero-order valence-corrected chi connectivity index (χ0v) is 12.8. The molecule has 0 spiro atoms. The van der Waals surface area contributed by atoms with Crippen LogP contribution in [0.5, 0.6) is 5.75 Å². The third-order valence-corrected chi connectivity index (χ3v) is 3.47. The Hall–Kier alpha value is -2.56. The molecule has 0 saturated carbocycles. The molecule has 0 aliphatic carbocycles. The molecule has 1 unspecified atom stereocenters. The lowest BCUT2D eigenvalue weighted by Crippen LogP contribution is -2.12. The summed E-state index contributed by atoms with van der Waals surface area (Å²) in [5, 5.41) is 1.95. The molecule has 2 aromatic rings. The minimum atomic E-state index is -0.428. The maximum Gasteiger partial charge on any atom is 0.343 e. The van der Waals surface area contributed by atoms with Crippen LogP contribution < -0.4 is 4.74 Å². The van der Waals surface area contributed by atoms with Gasteiger partial charge in [-0.2, -0.15) is 0 Å². The number of rotatable bonds is 5. The predicted molar refractivity (Wildman–Crippen MR) is 81.9 cm³/mol. The number of ether oxygens (including phenoxy) is 3. The Morgan fingerprint density at radius 2 is 1.68 bits per heavy atom. The van der Waals surface area contributed by atoms with E-state index in [2.05, 4.69) is 4.74 Å². The number of carbonyl (C=O) groups is 2. The van der Waals surface area contributed by atoms with E-state index in [1.165, 1.54) is 14.2 Å². The molecular weight excluding hydrogens is 284 g/mol. The van der Waals surface area contributed by atoms with Gasteiger partial charge in [-0.25, -0.2) is 4.79 Å². The minimum absolute atomic E-state index is 0.126. The van der Waals surface area contributed by atoms with Crippen molar-refractivity contribution < 1.29 is 23.8 Å². The molecule has 5 heteroatoms. The van der Waals surface area contributed by atoms with Crippen molar-refractivity contribution in [3.63, 3.8) is 0 Å². The SMILES string of the molecule is COC(=O)COc1ccc2cc(C(C)C(=O)OC)ccc2c1. The highest BCUT2D eigenvalue weighted by Gasteiger charge is 2.15. The van der Waals surface area contributed by atoms with Gasteiger partial charge in [-0.1, -0.05) is 24.3 Å². The van der Waals surface area contributed by atoms with Crippen LogP contribution in [0.2, 0.25) is 0 Å². The van der Waals surface area contributed by atoms with Crippen molar-refractivity contribution in [1.82, 2.24) is 0 Å². The van der Waals surface area contributed by atoms with Crippen molar-refractivity contribution >= 4 is 22.7 Å². The van der Waals surface area contributed by atoms with E-state index in [1.54, 1.807) is 13.0 Å². The predicted octanol–water partition coefficient (Wildman–Crippen LogP) is 2.67. The molecule has 0 fully saturated rings. The average molecular weight is 302 g/mol. The van der Waals surface area contributed by atoms with Crippen LogP contribution in [-0.4, -0.2) is 32.8 Å². The lowest BCUT2D eigenvalue weighted by Gasteiger charge is -2.11. The van der Waals surface area contributed by atoms with Gasteiger partial charge < -0.3 is 14.2 Å².